The Morgan fingerprint density at radius 3 is 2.70 bits per heavy atom. The number of benzene rings is 2. The van der Waals surface area contributed by atoms with Crippen LogP contribution in [0, 0.1) is 10.1 Å². The molecule has 30 heavy (non-hydrogen) atoms. The number of sulfonamides is 1. The van der Waals surface area contributed by atoms with Gasteiger partial charge in [-0.25, -0.2) is 8.42 Å². The van der Waals surface area contributed by atoms with Gasteiger partial charge in [-0.15, -0.1) is 0 Å². The molecule has 0 unspecified atom stereocenters. The van der Waals surface area contributed by atoms with Crippen LogP contribution >= 0.6 is 0 Å². The number of para-hydroxylation sites is 1. The van der Waals surface area contributed by atoms with E-state index in [1.807, 2.05) is 0 Å². The molecule has 1 N–H and O–H groups in total. The Morgan fingerprint density at radius 2 is 1.93 bits per heavy atom. The zero-order valence-electron chi connectivity index (χ0n) is 16.0. The lowest BCUT2D eigenvalue weighted by atomic mass is 10.2. The summed E-state index contributed by atoms with van der Waals surface area (Å²) < 4.78 is 38.4. The third-order valence-electron chi connectivity index (χ3n) is 4.92. The van der Waals surface area contributed by atoms with Crippen LogP contribution in [-0.2, 0) is 10.0 Å². The van der Waals surface area contributed by atoms with Crippen LogP contribution in [0.4, 0.5) is 11.4 Å². The van der Waals surface area contributed by atoms with E-state index in [4.69, 9.17) is 9.47 Å². The van der Waals surface area contributed by atoms with Gasteiger partial charge in [-0.1, -0.05) is 12.5 Å². The van der Waals surface area contributed by atoms with Crippen molar-refractivity contribution in [1.29, 1.82) is 0 Å². The molecule has 0 bridgehead atoms. The Kier molecular flexibility index (Phi) is 5.55. The van der Waals surface area contributed by atoms with E-state index in [0.29, 0.717) is 30.2 Å². The molecule has 2 aromatic carbocycles. The number of hydrogen-bond donors (Lipinski definition) is 1. The number of nitrogens with zero attached hydrogens (tertiary/aromatic N) is 3. The summed E-state index contributed by atoms with van der Waals surface area (Å²) in [5, 5.41) is 15.3. The van der Waals surface area contributed by atoms with Crippen molar-refractivity contribution < 1.29 is 22.8 Å². The van der Waals surface area contributed by atoms with Crippen molar-refractivity contribution in [1.82, 2.24) is 4.31 Å². The molecule has 4 rings (SSSR count). The second-order valence-electron chi connectivity index (χ2n) is 6.85. The molecule has 0 aliphatic carbocycles. The van der Waals surface area contributed by atoms with Crippen molar-refractivity contribution in [3.05, 3.63) is 52.1 Å². The first kappa shape index (κ1) is 20.1. The molecular weight excluding hydrogens is 412 g/mol. The highest BCUT2D eigenvalue weighted by Gasteiger charge is 2.30. The Balaban J connectivity index is 1.64. The minimum absolute atomic E-state index is 0.119. The average molecular weight is 432 g/mol. The first-order valence-electron chi connectivity index (χ1n) is 9.43. The molecule has 10 nitrogen and oxygen atoms in total. The van der Waals surface area contributed by atoms with E-state index < -0.39 is 14.9 Å². The van der Waals surface area contributed by atoms with Crippen molar-refractivity contribution in [2.75, 3.05) is 25.3 Å². The largest absolute Gasteiger partial charge is 0.454 e. The molecule has 2 aliphatic heterocycles. The quantitative estimate of drug-likeness (QED) is 0.423. The number of hydrazone groups is 1. The molecule has 0 saturated carbocycles. The van der Waals surface area contributed by atoms with Gasteiger partial charge in [0.25, 0.3) is 5.69 Å². The summed E-state index contributed by atoms with van der Waals surface area (Å²) in [6.45, 7) is 0.899. The number of ether oxygens (including phenoxy) is 2. The third kappa shape index (κ3) is 3.94. The number of hydrogen-bond acceptors (Lipinski definition) is 8. The standard InChI is InChI=1S/C19H20N4O6S/c24-23(25)15-7-8-16(18(11-15)30(26,27)22-9-2-1-3-10-22)21-20-12-14-5-4-6-17-19(14)29-13-28-17/h4-8,11-12,21H,1-3,9-10,13H2. The van der Waals surface area contributed by atoms with Crippen LogP contribution in [0.2, 0.25) is 0 Å². The van der Waals surface area contributed by atoms with Gasteiger partial charge in [0.1, 0.15) is 4.90 Å². The molecular formula is C19H20N4O6S. The zero-order chi connectivity index (χ0) is 21.1. The minimum atomic E-state index is -3.91. The first-order chi connectivity index (χ1) is 14.5. The van der Waals surface area contributed by atoms with Gasteiger partial charge in [0.15, 0.2) is 11.5 Å². The maximum absolute atomic E-state index is 13.1. The van der Waals surface area contributed by atoms with Gasteiger partial charge in [0, 0.05) is 30.8 Å². The second-order valence-corrected chi connectivity index (χ2v) is 8.76. The number of anilines is 1. The van der Waals surface area contributed by atoms with Crippen LogP contribution in [0.25, 0.3) is 0 Å². The van der Waals surface area contributed by atoms with E-state index in [2.05, 4.69) is 10.5 Å². The summed E-state index contributed by atoms with van der Waals surface area (Å²) in [6, 6.07) is 8.99. The van der Waals surface area contributed by atoms with Gasteiger partial charge < -0.3 is 9.47 Å². The predicted molar refractivity (Wildman–Crippen MR) is 109 cm³/mol. The highest BCUT2D eigenvalue weighted by Crippen LogP contribution is 2.34. The summed E-state index contributed by atoms with van der Waals surface area (Å²) in [5.74, 6) is 1.15. The average Bonchev–Trinajstić information content (AvgIpc) is 3.24. The number of non-ortho nitro benzene ring substituents is 1. The topological polar surface area (TPSA) is 123 Å². The van der Waals surface area contributed by atoms with Crippen LogP contribution in [0.5, 0.6) is 11.5 Å². The van der Waals surface area contributed by atoms with Crippen LogP contribution < -0.4 is 14.9 Å². The van der Waals surface area contributed by atoms with Gasteiger partial charge in [-0.2, -0.15) is 9.41 Å². The van der Waals surface area contributed by atoms with Crippen LogP contribution in [0.3, 0.4) is 0 Å². The predicted octanol–water partition coefficient (Wildman–Crippen LogP) is 2.94. The zero-order valence-corrected chi connectivity index (χ0v) is 16.8. The molecule has 11 heteroatoms. The molecule has 0 amide bonds. The lowest BCUT2D eigenvalue weighted by Crippen LogP contribution is -2.35. The maximum Gasteiger partial charge on any atom is 0.270 e. The molecule has 2 heterocycles. The number of piperidine rings is 1. The fourth-order valence-electron chi connectivity index (χ4n) is 3.40. The highest BCUT2D eigenvalue weighted by atomic mass is 32.2. The van der Waals surface area contributed by atoms with Gasteiger partial charge in [-0.05, 0) is 31.0 Å². The number of nitrogens with one attached hydrogen (secondary N) is 1. The third-order valence-corrected chi connectivity index (χ3v) is 6.86. The van der Waals surface area contributed by atoms with Crippen molar-refractivity contribution >= 4 is 27.6 Å². The van der Waals surface area contributed by atoms with Crippen LogP contribution in [0.15, 0.2) is 46.4 Å². The van der Waals surface area contributed by atoms with E-state index in [0.717, 1.165) is 25.3 Å². The molecule has 1 fully saturated rings. The number of fused-ring (bicyclic) bond motifs is 1. The van der Waals surface area contributed by atoms with E-state index in [1.165, 1.54) is 22.7 Å². The molecule has 1 saturated heterocycles. The van der Waals surface area contributed by atoms with Gasteiger partial charge in [-0.3, -0.25) is 15.5 Å². The Labute approximate surface area is 173 Å². The molecule has 0 radical (unpaired) electrons. The number of rotatable bonds is 6. The number of nitro benzene ring substituents is 1. The summed E-state index contributed by atoms with van der Waals surface area (Å²) in [6.07, 6.45) is 3.96. The Morgan fingerprint density at radius 1 is 1.13 bits per heavy atom. The van der Waals surface area contributed by atoms with E-state index in [1.54, 1.807) is 18.2 Å². The first-order valence-corrected chi connectivity index (χ1v) is 10.9. The second kappa shape index (κ2) is 8.28. The van der Waals surface area contributed by atoms with E-state index in [-0.39, 0.29) is 23.1 Å². The monoisotopic (exact) mass is 432 g/mol. The fraction of sp³-hybridized carbons (Fsp3) is 0.316. The molecule has 0 spiro atoms. The van der Waals surface area contributed by atoms with E-state index in [9.17, 15) is 18.5 Å². The van der Waals surface area contributed by atoms with Crippen molar-refractivity contribution in [3.63, 3.8) is 0 Å². The summed E-state index contributed by atoms with van der Waals surface area (Å²) in [7, 11) is -3.91. The summed E-state index contributed by atoms with van der Waals surface area (Å²) in [5.41, 5.74) is 3.22. The van der Waals surface area contributed by atoms with Crippen LogP contribution in [0.1, 0.15) is 24.8 Å². The van der Waals surface area contributed by atoms with E-state index >= 15 is 0 Å². The van der Waals surface area contributed by atoms with Crippen molar-refractivity contribution in [3.8, 4) is 11.5 Å². The highest BCUT2D eigenvalue weighted by molar-refractivity contribution is 7.89. The van der Waals surface area contributed by atoms with Gasteiger partial charge >= 0.3 is 0 Å². The smallest absolute Gasteiger partial charge is 0.270 e. The molecule has 158 valence electrons. The van der Waals surface area contributed by atoms with Gasteiger partial charge in [0.05, 0.1) is 16.8 Å². The Hall–Kier alpha value is -3.18. The fourth-order valence-corrected chi connectivity index (χ4v) is 5.08. The molecule has 2 aromatic rings. The maximum atomic E-state index is 13.1. The van der Waals surface area contributed by atoms with Crippen LogP contribution in [-0.4, -0.2) is 43.7 Å². The lowest BCUT2D eigenvalue weighted by Gasteiger charge is -2.26. The lowest BCUT2D eigenvalue weighted by molar-refractivity contribution is -0.385. The van der Waals surface area contributed by atoms with Crippen molar-refractivity contribution in [2.24, 2.45) is 5.10 Å². The molecule has 0 aromatic heterocycles. The summed E-state index contributed by atoms with van der Waals surface area (Å²) >= 11 is 0. The van der Waals surface area contributed by atoms with Gasteiger partial charge in [0.2, 0.25) is 16.8 Å². The minimum Gasteiger partial charge on any atom is -0.454 e. The molecule has 2 aliphatic rings. The van der Waals surface area contributed by atoms with Crippen molar-refractivity contribution in [2.45, 2.75) is 24.2 Å². The molecule has 0 atom stereocenters. The number of nitro groups is 1. The normalized spacial score (nSPS) is 16.7. The SMILES string of the molecule is O=[N+]([O-])c1ccc(NN=Cc2cccc3c2OCO3)c(S(=O)(=O)N2CCCCC2)c1. The Bertz CT molecular complexity index is 1100. The summed E-state index contributed by atoms with van der Waals surface area (Å²) in [4.78, 5) is 10.4.